The number of likely N-dealkylation sites (tertiary alicyclic amines) is 1. The summed E-state index contributed by atoms with van der Waals surface area (Å²) >= 11 is 0. The summed E-state index contributed by atoms with van der Waals surface area (Å²) in [6.45, 7) is 2.81. The SMILES string of the molecule is N#Cc1ccc(OC[C@]23COC[C@H]2CN(C(=O)C2CC(F)C2)C3)nc1. The average molecular weight is 345 g/mol. The zero-order valence-electron chi connectivity index (χ0n) is 13.9. The van der Waals surface area contributed by atoms with Crippen LogP contribution in [0.4, 0.5) is 4.39 Å². The molecule has 0 N–H and O–H groups in total. The Hall–Kier alpha value is -2.20. The Morgan fingerprint density at radius 1 is 1.52 bits per heavy atom. The molecule has 1 aliphatic carbocycles. The van der Waals surface area contributed by atoms with Crippen LogP contribution in [0.5, 0.6) is 5.88 Å². The van der Waals surface area contributed by atoms with Crippen LogP contribution in [-0.4, -0.2) is 54.9 Å². The highest BCUT2D eigenvalue weighted by atomic mass is 19.1. The minimum atomic E-state index is -0.820. The topological polar surface area (TPSA) is 75.5 Å². The third kappa shape index (κ3) is 2.95. The maximum atomic E-state index is 13.0. The van der Waals surface area contributed by atoms with Gasteiger partial charge in [-0.05, 0) is 18.9 Å². The van der Waals surface area contributed by atoms with E-state index in [1.807, 2.05) is 11.0 Å². The number of fused-ring (bicyclic) bond motifs is 1. The number of pyridine rings is 1. The van der Waals surface area contributed by atoms with Gasteiger partial charge in [0.1, 0.15) is 12.2 Å². The minimum Gasteiger partial charge on any atom is -0.477 e. The Bertz CT molecular complexity index is 699. The maximum Gasteiger partial charge on any atom is 0.225 e. The van der Waals surface area contributed by atoms with E-state index in [1.54, 1.807) is 12.1 Å². The molecule has 1 aromatic heterocycles. The summed E-state index contributed by atoms with van der Waals surface area (Å²) in [5.74, 6) is 0.603. The van der Waals surface area contributed by atoms with E-state index >= 15 is 0 Å². The molecule has 2 aliphatic heterocycles. The summed E-state index contributed by atoms with van der Waals surface area (Å²) in [7, 11) is 0. The molecule has 2 atom stereocenters. The van der Waals surface area contributed by atoms with Crippen molar-refractivity contribution in [3.05, 3.63) is 23.9 Å². The molecule has 4 rings (SSSR count). The largest absolute Gasteiger partial charge is 0.477 e. The molecule has 3 heterocycles. The van der Waals surface area contributed by atoms with Crippen LogP contribution < -0.4 is 4.74 Å². The molecule has 2 saturated heterocycles. The lowest BCUT2D eigenvalue weighted by Gasteiger charge is -2.33. The van der Waals surface area contributed by atoms with Gasteiger partial charge in [-0.1, -0.05) is 0 Å². The number of nitrogens with zero attached hydrogens (tertiary/aromatic N) is 3. The Morgan fingerprint density at radius 2 is 2.36 bits per heavy atom. The molecule has 1 saturated carbocycles. The van der Waals surface area contributed by atoms with Crippen molar-refractivity contribution < 1.29 is 18.7 Å². The summed E-state index contributed by atoms with van der Waals surface area (Å²) in [5.41, 5.74) is 0.251. The van der Waals surface area contributed by atoms with Crippen molar-refractivity contribution in [3.63, 3.8) is 0 Å². The number of nitriles is 1. The first-order chi connectivity index (χ1) is 12.1. The summed E-state index contributed by atoms with van der Waals surface area (Å²) in [6, 6.07) is 5.36. The van der Waals surface area contributed by atoms with Crippen molar-refractivity contribution in [3.8, 4) is 11.9 Å². The number of aromatic nitrogens is 1. The van der Waals surface area contributed by atoms with Gasteiger partial charge in [-0.25, -0.2) is 9.37 Å². The van der Waals surface area contributed by atoms with Crippen LogP contribution in [0, 0.1) is 28.6 Å². The van der Waals surface area contributed by atoms with Gasteiger partial charge >= 0.3 is 0 Å². The van der Waals surface area contributed by atoms with Gasteiger partial charge in [-0.15, -0.1) is 0 Å². The molecule has 6 nitrogen and oxygen atoms in total. The van der Waals surface area contributed by atoms with Crippen LogP contribution in [0.3, 0.4) is 0 Å². The van der Waals surface area contributed by atoms with Gasteiger partial charge < -0.3 is 14.4 Å². The Labute approximate surface area is 145 Å². The van der Waals surface area contributed by atoms with Gasteiger partial charge in [0.05, 0.1) is 30.8 Å². The monoisotopic (exact) mass is 345 g/mol. The molecule has 0 bridgehead atoms. The van der Waals surface area contributed by atoms with Gasteiger partial charge in [0.25, 0.3) is 0 Å². The highest BCUT2D eigenvalue weighted by molar-refractivity contribution is 5.80. The predicted octanol–water partition coefficient (Wildman–Crippen LogP) is 1.56. The number of amides is 1. The predicted molar refractivity (Wildman–Crippen MR) is 85.4 cm³/mol. The number of rotatable bonds is 4. The lowest BCUT2D eigenvalue weighted by molar-refractivity contribution is -0.140. The Balaban J connectivity index is 1.40. The van der Waals surface area contributed by atoms with E-state index in [0.29, 0.717) is 57.2 Å². The molecule has 0 unspecified atom stereocenters. The molecule has 0 radical (unpaired) electrons. The first-order valence-corrected chi connectivity index (χ1v) is 8.59. The van der Waals surface area contributed by atoms with Crippen molar-refractivity contribution in [2.75, 3.05) is 32.9 Å². The van der Waals surface area contributed by atoms with E-state index in [0.717, 1.165) is 0 Å². The number of hydrogen-bond donors (Lipinski definition) is 0. The standard InChI is InChI=1S/C18H20FN3O3/c19-15-3-13(4-15)17(23)22-7-14-8-24-10-18(14,9-22)11-25-16-2-1-12(5-20)6-21-16/h1-2,6,13-15H,3-4,7-11H2/t13?,14-,15?,18+/m1/s1. The van der Waals surface area contributed by atoms with Crippen LogP contribution in [0.1, 0.15) is 18.4 Å². The van der Waals surface area contributed by atoms with Crippen LogP contribution >= 0.6 is 0 Å². The first kappa shape index (κ1) is 16.3. The van der Waals surface area contributed by atoms with Gasteiger partial charge in [-0.2, -0.15) is 5.26 Å². The minimum absolute atomic E-state index is 0.0687. The van der Waals surface area contributed by atoms with E-state index in [4.69, 9.17) is 14.7 Å². The quantitative estimate of drug-likeness (QED) is 0.828. The summed E-state index contributed by atoms with van der Waals surface area (Å²) in [4.78, 5) is 18.5. The molecule has 3 fully saturated rings. The normalized spacial score (nSPS) is 33.4. The van der Waals surface area contributed by atoms with Crippen molar-refractivity contribution in [2.45, 2.75) is 19.0 Å². The number of halogens is 1. The zero-order valence-corrected chi connectivity index (χ0v) is 13.9. The highest BCUT2D eigenvalue weighted by Crippen LogP contribution is 2.43. The van der Waals surface area contributed by atoms with Gasteiger partial charge in [0.15, 0.2) is 0 Å². The van der Waals surface area contributed by atoms with Gasteiger partial charge in [0, 0.05) is 37.2 Å². The lowest BCUT2D eigenvalue weighted by Crippen LogP contribution is -2.43. The Morgan fingerprint density at radius 3 is 3.04 bits per heavy atom. The van der Waals surface area contributed by atoms with Crippen LogP contribution in [0.25, 0.3) is 0 Å². The smallest absolute Gasteiger partial charge is 0.225 e. The average Bonchev–Trinajstić information content (AvgIpc) is 3.14. The summed E-state index contributed by atoms with van der Waals surface area (Å²) in [5, 5.41) is 8.81. The molecule has 0 aromatic carbocycles. The second-order valence-corrected chi connectivity index (χ2v) is 7.34. The van der Waals surface area contributed by atoms with Crippen LogP contribution in [-0.2, 0) is 9.53 Å². The number of ether oxygens (including phenoxy) is 2. The summed E-state index contributed by atoms with van der Waals surface area (Å²) in [6.07, 6.45) is 1.37. The zero-order chi connectivity index (χ0) is 17.4. The third-order valence-electron chi connectivity index (χ3n) is 5.64. The highest BCUT2D eigenvalue weighted by Gasteiger charge is 2.53. The lowest BCUT2D eigenvalue weighted by atomic mass is 9.81. The molecule has 3 aliphatic rings. The molecule has 1 amide bonds. The molecule has 0 spiro atoms. The first-order valence-electron chi connectivity index (χ1n) is 8.59. The molecular formula is C18H20FN3O3. The molecule has 7 heteroatoms. The number of carbonyl (C=O) groups excluding carboxylic acids is 1. The fourth-order valence-electron chi connectivity index (χ4n) is 3.96. The molecule has 132 valence electrons. The second kappa shape index (κ2) is 6.26. The van der Waals surface area contributed by atoms with E-state index in [2.05, 4.69) is 4.98 Å². The van der Waals surface area contributed by atoms with E-state index in [1.165, 1.54) is 6.20 Å². The summed E-state index contributed by atoms with van der Waals surface area (Å²) < 4.78 is 24.5. The maximum absolute atomic E-state index is 13.0. The van der Waals surface area contributed by atoms with Crippen molar-refractivity contribution in [1.29, 1.82) is 5.26 Å². The number of carbonyl (C=O) groups is 1. The van der Waals surface area contributed by atoms with Crippen molar-refractivity contribution in [2.24, 2.45) is 17.3 Å². The number of hydrogen-bond acceptors (Lipinski definition) is 5. The second-order valence-electron chi connectivity index (χ2n) is 7.34. The van der Waals surface area contributed by atoms with Gasteiger partial charge in [0.2, 0.25) is 11.8 Å². The Kier molecular flexibility index (Phi) is 4.08. The van der Waals surface area contributed by atoms with E-state index < -0.39 is 6.17 Å². The van der Waals surface area contributed by atoms with E-state index in [9.17, 15) is 9.18 Å². The van der Waals surface area contributed by atoms with Gasteiger partial charge in [-0.3, -0.25) is 4.79 Å². The fourth-order valence-corrected chi connectivity index (χ4v) is 3.96. The fraction of sp³-hybridized carbons (Fsp3) is 0.611. The molecular weight excluding hydrogens is 325 g/mol. The van der Waals surface area contributed by atoms with Crippen LogP contribution in [0.15, 0.2) is 18.3 Å². The molecule has 1 aromatic rings. The number of alkyl halides is 1. The van der Waals surface area contributed by atoms with E-state index in [-0.39, 0.29) is 23.2 Å². The molecule has 25 heavy (non-hydrogen) atoms. The third-order valence-corrected chi connectivity index (χ3v) is 5.64. The van der Waals surface area contributed by atoms with Crippen LogP contribution in [0.2, 0.25) is 0 Å². The van der Waals surface area contributed by atoms with Crippen molar-refractivity contribution in [1.82, 2.24) is 9.88 Å². The van der Waals surface area contributed by atoms with Crippen molar-refractivity contribution >= 4 is 5.91 Å².